The zero-order valence-electron chi connectivity index (χ0n) is 12.3. The largest absolute Gasteiger partial charge is 0.322 e. The summed E-state index contributed by atoms with van der Waals surface area (Å²) in [6.45, 7) is 4.69. The van der Waals surface area contributed by atoms with Crippen LogP contribution in [-0.2, 0) is 0 Å². The smallest absolute Gasteiger partial charge is 0.0890 e. The van der Waals surface area contributed by atoms with E-state index in [4.69, 9.17) is 10.7 Å². The average molecular weight is 269 g/mol. The summed E-state index contributed by atoms with van der Waals surface area (Å²) in [4.78, 5) is 9.20. The number of aromatic nitrogens is 2. The fraction of sp³-hybridized carbons (Fsp3) is 0.529. The third-order valence-corrected chi connectivity index (χ3v) is 4.96. The molecule has 3 rings (SSSR count). The molecule has 2 aromatic rings. The highest BCUT2D eigenvalue weighted by molar-refractivity contribution is 5.73. The summed E-state index contributed by atoms with van der Waals surface area (Å²) < 4.78 is 0. The number of hydrogen-bond donors (Lipinski definition) is 1. The van der Waals surface area contributed by atoms with Crippen molar-refractivity contribution in [3.05, 3.63) is 36.2 Å². The van der Waals surface area contributed by atoms with Crippen LogP contribution in [0.15, 0.2) is 30.5 Å². The van der Waals surface area contributed by atoms with Gasteiger partial charge in [0.1, 0.15) is 0 Å². The first-order valence-corrected chi connectivity index (χ1v) is 7.62. The van der Waals surface area contributed by atoms with E-state index in [0.717, 1.165) is 28.6 Å². The molecule has 2 N–H and O–H groups in total. The first-order valence-electron chi connectivity index (χ1n) is 7.62. The molecule has 4 unspecified atom stereocenters. The second kappa shape index (κ2) is 5.49. The van der Waals surface area contributed by atoms with Crippen molar-refractivity contribution in [3.8, 4) is 0 Å². The fourth-order valence-electron chi connectivity index (χ4n) is 3.29. The molecule has 4 atom stereocenters. The molecule has 1 heterocycles. The Hall–Kier alpha value is -1.48. The van der Waals surface area contributed by atoms with E-state index in [1.165, 1.54) is 19.3 Å². The van der Waals surface area contributed by atoms with Gasteiger partial charge >= 0.3 is 0 Å². The van der Waals surface area contributed by atoms with Gasteiger partial charge in [0.25, 0.3) is 0 Å². The molecule has 3 heteroatoms. The van der Waals surface area contributed by atoms with Crippen molar-refractivity contribution in [2.24, 2.45) is 23.5 Å². The van der Waals surface area contributed by atoms with Crippen molar-refractivity contribution in [2.75, 3.05) is 0 Å². The van der Waals surface area contributed by atoms with Gasteiger partial charge in [0, 0.05) is 0 Å². The van der Waals surface area contributed by atoms with Crippen LogP contribution in [0.2, 0.25) is 0 Å². The van der Waals surface area contributed by atoms with Crippen LogP contribution in [-0.4, -0.2) is 9.97 Å². The summed E-state index contributed by atoms with van der Waals surface area (Å²) in [5.74, 6) is 2.12. The van der Waals surface area contributed by atoms with Crippen LogP contribution in [0.25, 0.3) is 11.0 Å². The van der Waals surface area contributed by atoms with Crippen molar-refractivity contribution in [1.29, 1.82) is 0 Å². The molecule has 0 radical (unpaired) electrons. The van der Waals surface area contributed by atoms with Crippen LogP contribution in [0.3, 0.4) is 0 Å². The molecule has 0 bridgehead atoms. The van der Waals surface area contributed by atoms with Crippen LogP contribution >= 0.6 is 0 Å². The Balaban J connectivity index is 1.83. The molecule has 1 saturated carbocycles. The van der Waals surface area contributed by atoms with Gasteiger partial charge in [0.15, 0.2) is 0 Å². The number of rotatable bonds is 2. The predicted octanol–water partition coefficient (Wildman–Crippen LogP) is 3.70. The Morgan fingerprint density at radius 2 is 1.85 bits per heavy atom. The minimum Gasteiger partial charge on any atom is -0.322 e. The van der Waals surface area contributed by atoms with Gasteiger partial charge < -0.3 is 5.73 Å². The lowest BCUT2D eigenvalue weighted by atomic mass is 9.73. The Kier molecular flexibility index (Phi) is 3.70. The molecule has 1 aromatic heterocycles. The molecule has 20 heavy (non-hydrogen) atoms. The molecule has 1 aliphatic rings. The number of para-hydroxylation sites is 2. The van der Waals surface area contributed by atoms with Crippen molar-refractivity contribution in [3.63, 3.8) is 0 Å². The summed E-state index contributed by atoms with van der Waals surface area (Å²) in [6, 6.07) is 7.99. The number of fused-ring (bicyclic) bond motifs is 1. The SMILES string of the molecule is CC1CCC(C(N)c2cnc3ccccc3n2)CC1C. The number of benzene rings is 1. The lowest BCUT2D eigenvalue weighted by molar-refractivity contribution is 0.184. The minimum atomic E-state index is 0.0158. The molecule has 1 aliphatic carbocycles. The number of nitrogens with two attached hydrogens (primary N) is 1. The van der Waals surface area contributed by atoms with Gasteiger partial charge in [-0.3, -0.25) is 4.98 Å². The lowest BCUT2D eigenvalue weighted by Gasteiger charge is -2.35. The molecule has 0 aliphatic heterocycles. The zero-order valence-corrected chi connectivity index (χ0v) is 12.3. The summed E-state index contributed by atoms with van der Waals surface area (Å²) in [5.41, 5.74) is 9.29. The first kappa shape index (κ1) is 13.5. The third kappa shape index (κ3) is 2.55. The van der Waals surface area contributed by atoms with E-state index < -0.39 is 0 Å². The maximum Gasteiger partial charge on any atom is 0.0890 e. The van der Waals surface area contributed by atoms with Crippen LogP contribution in [0.1, 0.15) is 44.8 Å². The van der Waals surface area contributed by atoms with Gasteiger partial charge in [-0.1, -0.05) is 32.4 Å². The summed E-state index contributed by atoms with van der Waals surface area (Å²) >= 11 is 0. The summed E-state index contributed by atoms with van der Waals surface area (Å²) in [5, 5.41) is 0. The molecule has 1 aromatic carbocycles. The van der Waals surface area contributed by atoms with Crippen LogP contribution in [0.5, 0.6) is 0 Å². The second-order valence-corrected chi connectivity index (χ2v) is 6.34. The van der Waals surface area contributed by atoms with Crippen LogP contribution < -0.4 is 5.73 Å². The molecule has 0 spiro atoms. The Morgan fingerprint density at radius 1 is 1.10 bits per heavy atom. The normalized spacial score (nSPS) is 28.4. The van der Waals surface area contributed by atoms with Gasteiger partial charge in [0.05, 0.1) is 29.0 Å². The molecule has 0 saturated heterocycles. The van der Waals surface area contributed by atoms with Crippen LogP contribution in [0, 0.1) is 17.8 Å². The lowest BCUT2D eigenvalue weighted by Crippen LogP contribution is -2.30. The van der Waals surface area contributed by atoms with Gasteiger partial charge in [-0.05, 0) is 42.7 Å². The summed E-state index contributed by atoms with van der Waals surface area (Å²) in [6.07, 6.45) is 5.55. The zero-order chi connectivity index (χ0) is 14.1. The maximum atomic E-state index is 6.47. The molecule has 3 nitrogen and oxygen atoms in total. The van der Waals surface area contributed by atoms with Gasteiger partial charge in [-0.15, -0.1) is 0 Å². The highest BCUT2D eigenvalue weighted by atomic mass is 14.8. The van der Waals surface area contributed by atoms with E-state index in [2.05, 4.69) is 18.8 Å². The van der Waals surface area contributed by atoms with Gasteiger partial charge in [-0.2, -0.15) is 0 Å². The Bertz CT molecular complexity index is 596. The van der Waals surface area contributed by atoms with Crippen molar-refractivity contribution >= 4 is 11.0 Å². The minimum absolute atomic E-state index is 0.0158. The first-order chi connectivity index (χ1) is 9.65. The third-order valence-electron chi connectivity index (χ3n) is 4.96. The maximum absolute atomic E-state index is 6.47. The molecular formula is C17H23N3. The van der Waals surface area contributed by atoms with Crippen molar-refractivity contribution < 1.29 is 0 Å². The Morgan fingerprint density at radius 3 is 2.60 bits per heavy atom. The Labute approximate surface area is 120 Å². The second-order valence-electron chi connectivity index (χ2n) is 6.34. The quantitative estimate of drug-likeness (QED) is 0.904. The van der Waals surface area contributed by atoms with E-state index in [-0.39, 0.29) is 6.04 Å². The molecular weight excluding hydrogens is 246 g/mol. The summed E-state index contributed by atoms with van der Waals surface area (Å²) in [7, 11) is 0. The van der Waals surface area contributed by atoms with Crippen molar-refractivity contribution in [1.82, 2.24) is 9.97 Å². The average Bonchev–Trinajstić information content (AvgIpc) is 2.49. The number of hydrogen-bond acceptors (Lipinski definition) is 3. The van der Waals surface area contributed by atoms with E-state index in [9.17, 15) is 0 Å². The molecule has 1 fully saturated rings. The van der Waals surface area contributed by atoms with E-state index in [1.807, 2.05) is 30.5 Å². The number of nitrogens with zero attached hydrogens (tertiary/aromatic N) is 2. The highest BCUT2D eigenvalue weighted by Crippen LogP contribution is 2.38. The molecule has 106 valence electrons. The predicted molar refractivity (Wildman–Crippen MR) is 82.1 cm³/mol. The van der Waals surface area contributed by atoms with E-state index >= 15 is 0 Å². The topological polar surface area (TPSA) is 51.8 Å². The van der Waals surface area contributed by atoms with Crippen LogP contribution in [0.4, 0.5) is 0 Å². The van der Waals surface area contributed by atoms with E-state index in [1.54, 1.807) is 0 Å². The van der Waals surface area contributed by atoms with E-state index in [0.29, 0.717) is 5.92 Å². The van der Waals surface area contributed by atoms with Gasteiger partial charge in [0.2, 0.25) is 0 Å². The fourth-order valence-corrected chi connectivity index (χ4v) is 3.29. The monoisotopic (exact) mass is 269 g/mol. The molecule has 0 amide bonds. The standard InChI is InChI=1S/C17H23N3/c1-11-7-8-13(9-12(11)2)17(18)16-10-19-14-5-3-4-6-15(14)20-16/h3-6,10-13,17H,7-9,18H2,1-2H3. The van der Waals surface area contributed by atoms with Crippen molar-refractivity contribution in [2.45, 2.75) is 39.2 Å². The van der Waals surface area contributed by atoms with Gasteiger partial charge in [-0.25, -0.2) is 4.98 Å². The highest BCUT2D eigenvalue weighted by Gasteiger charge is 2.29.